The first kappa shape index (κ1) is 22.3. The van der Waals surface area contributed by atoms with Gasteiger partial charge in [0.15, 0.2) is 0 Å². The molecular formula is C21H31N5O3S. The van der Waals surface area contributed by atoms with Gasteiger partial charge >= 0.3 is 0 Å². The summed E-state index contributed by atoms with van der Waals surface area (Å²) in [5.74, 6) is 0.883. The summed E-state index contributed by atoms with van der Waals surface area (Å²) < 4.78 is 30.3. The summed E-state index contributed by atoms with van der Waals surface area (Å²) in [7, 11) is -1.84. The van der Waals surface area contributed by atoms with Gasteiger partial charge in [-0.15, -0.1) is 0 Å². The van der Waals surface area contributed by atoms with Gasteiger partial charge in [-0.05, 0) is 31.4 Å². The summed E-state index contributed by atoms with van der Waals surface area (Å²) in [6.45, 7) is 8.27. The Morgan fingerprint density at radius 1 is 1.13 bits per heavy atom. The largest absolute Gasteiger partial charge is 0.339 e. The number of carbonyl (C=O) groups is 1. The monoisotopic (exact) mass is 433 g/mol. The molecule has 30 heavy (non-hydrogen) atoms. The summed E-state index contributed by atoms with van der Waals surface area (Å²) in [6, 6.07) is 5.87. The molecule has 9 heteroatoms. The lowest BCUT2D eigenvalue weighted by atomic mass is 10.0. The van der Waals surface area contributed by atoms with E-state index in [-0.39, 0.29) is 16.7 Å². The van der Waals surface area contributed by atoms with Gasteiger partial charge in [0, 0.05) is 45.6 Å². The first-order chi connectivity index (χ1) is 14.2. The van der Waals surface area contributed by atoms with E-state index in [0.29, 0.717) is 32.6 Å². The number of hydrogen-bond acceptors (Lipinski definition) is 5. The van der Waals surface area contributed by atoms with Gasteiger partial charge < -0.3 is 14.4 Å². The number of carbonyl (C=O) groups excluding carboxylic acids is 1. The van der Waals surface area contributed by atoms with E-state index in [9.17, 15) is 13.2 Å². The Bertz CT molecular complexity index is 961. The zero-order valence-electron chi connectivity index (χ0n) is 18.1. The third kappa shape index (κ3) is 5.20. The second-order valence-electron chi connectivity index (χ2n) is 8.27. The van der Waals surface area contributed by atoms with E-state index in [1.54, 1.807) is 35.4 Å². The molecule has 3 rings (SSSR count). The number of hydrogen-bond donors (Lipinski definition) is 1. The zero-order valence-corrected chi connectivity index (χ0v) is 18.9. The van der Waals surface area contributed by atoms with Crippen LogP contribution in [0.1, 0.15) is 25.8 Å². The van der Waals surface area contributed by atoms with Crippen molar-refractivity contribution >= 4 is 21.9 Å². The van der Waals surface area contributed by atoms with Crippen LogP contribution in [0.3, 0.4) is 0 Å². The van der Waals surface area contributed by atoms with Crippen LogP contribution in [0.5, 0.6) is 0 Å². The first-order valence-electron chi connectivity index (χ1n) is 10.3. The number of sulfonamides is 1. The van der Waals surface area contributed by atoms with Gasteiger partial charge in [-0.25, -0.2) is 13.4 Å². The Labute approximate surface area is 178 Å². The maximum Gasteiger partial charge on any atom is 0.241 e. The molecule has 1 N–H and O–H groups in total. The molecule has 1 aromatic carbocycles. The predicted molar refractivity (Wildman–Crippen MR) is 117 cm³/mol. The standard InChI is InChI=1S/C21H31N5O3S/c1-16(2)15-19(23-30(28,29)18-7-5-17(3)6-8-18)20(27)25-11-13-26(14-12-25)21-22-9-10-24(21)4/h5-10,16,19,23H,11-15H2,1-4H3. The van der Waals surface area contributed by atoms with Crippen molar-refractivity contribution < 1.29 is 13.2 Å². The van der Waals surface area contributed by atoms with Crippen LogP contribution in [0.2, 0.25) is 0 Å². The lowest BCUT2D eigenvalue weighted by molar-refractivity contribution is -0.133. The molecule has 1 aliphatic rings. The Morgan fingerprint density at radius 2 is 1.77 bits per heavy atom. The van der Waals surface area contributed by atoms with E-state index in [0.717, 1.165) is 11.5 Å². The van der Waals surface area contributed by atoms with Crippen molar-refractivity contribution in [2.45, 2.75) is 38.1 Å². The molecule has 0 radical (unpaired) electrons. The molecule has 8 nitrogen and oxygen atoms in total. The van der Waals surface area contributed by atoms with E-state index >= 15 is 0 Å². The van der Waals surface area contributed by atoms with Crippen molar-refractivity contribution in [2.24, 2.45) is 13.0 Å². The Kier molecular flexibility index (Phi) is 6.82. The Balaban J connectivity index is 1.70. The number of piperazine rings is 1. The maximum atomic E-state index is 13.2. The fraction of sp³-hybridized carbons (Fsp3) is 0.524. The molecule has 164 valence electrons. The molecule has 1 unspecified atom stereocenters. The second-order valence-corrected chi connectivity index (χ2v) is 9.98. The van der Waals surface area contributed by atoms with Crippen LogP contribution < -0.4 is 9.62 Å². The molecule has 0 aliphatic carbocycles. The average molecular weight is 434 g/mol. The van der Waals surface area contributed by atoms with Crippen LogP contribution in [0.15, 0.2) is 41.6 Å². The minimum absolute atomic E-state index is 0.168. The molecule has 1 aliphatic heterocycles. The van der Waals surface area contributed by atoms with Gasteiger partial charge in [0.2, 0.25) is 21.9 Å². The second kappa shape index (κ2) is 9.18. The predicted octanol–water partition coefficient (Wildman–Crippen LogP) is 1.77. The van der Waals surface area contributed by atoms with Crippen molar-refractivity contribution in [1.82, 2.24) is 19.2 Å². The third-order valence-electron chi connectivity index (χ3n) is 5.30. The maximum absolute atomic E-state index is 13.2. The molecular weight excluding hydrogens is 402 g/mol. The summed E-state index contributed by atoms with van der Waals surface area (Å²) in [4.78, 5) is 21.6. The molecule has 0 saturated carbocycles. The van der Waals surface area contributed by atoms with E-state index in [1.165, 1.54) is 0 Å². The molecule has 0 bridgehead atoms. The highest BCUT2D eigenvalue weighted by Crippen LogP contribution is 2.17. The molecule has 0 spiro atoms. The molecule has 1 saturated heterocycles. The van der Waals surface area contributed by atoms with Gasteiger partial charge in [0.1, 0.15) is 6.04 Å². The lowest BCUT2D eigenvalue weighted by Gasteiger charge is -2.37. The summed E-state index contributed by atoms with van der Waals surface area (Å²) >= 11 is 0. The fourth-order valence-corrected chi connectivity index (χ4v) is 4.86. The van der Waals surface area contributed by atoms with E-state index < -0.39 is 16.1 Å². The third-order valence-corrected chi connectivity index (χ3v) is 6.79. The number of aromatic nitrogens is 2. The van der Waals surface area contributed by atoms with Crippen LogP contribution in [0, 0.1) is 12.8 Å². The van der Waals surface area contributed by atoms with Crippen molar-refractivity contribution in [3.05, 3.63) is 42.2 Å². The SMILES string of the molecule is Cc1ccc(S(=O)(=O)NC(CC(C)C)C(=O)N2CCN(c3nccn3C)CC2)cc1. The number of benzene rings is 1. The number of imidazole rings is 1. The molecule has 2 heterocycles. The van der Waals surface area contributed by atoms with Crippen LogP contribution >= 0.6 is 0 Å². The quantitative estimate of drug-likeness (QED) is 0.719. The topological polar surface area (TPSA) is 87.5 Å². The smallest absolute Gasteiger partial charge is 0.241 e. The summed E-state index contributed by atoms with van der Waals surface area (Å²) in [5.41, 5.74) is 0.981. The number of nitrogens with zero attached hydrogens (tertiary/aromatic N) is 4. The van der Waals surface area contributed by atoms with Crippen molar-refractivity contribution in [3.63, 3.8) is 0 Å². The number of anilines is 1. The highest BCUT2D eigenvalue weighted by molar-refractivity contribution is 7.89. The lowest BCUT2D eigenvalue weighted by Crippen LogP contribution is -2.55. The van der Waals surface area contributed by atoms with Gasteiger partial charge in [-0.3, -0.25) is 4.79 Å². The van der Waals surface area contributed by atoms with Crippen LogP contribution in [-0.4, -0.2) is 61.0 Å². The van der Waals surface area contributed by atoms with E-state index in [1.807, 2.05) is 38.6 Å². The van der Waals surface area contributed by atoms with Crippen molar-refractivity contribution in [1.29, 1.82) is 0 Å². The molecule has 1 atom stereocenters. The number of aryl methyl sites for hydroxylation is 2. The van der Waals surface area contributed by atoms with Gasteiger partial charge in [-0.2, -0.15) is 4.72 Å². The Hall–Kier alpha value is -2.39. The van der Waals surface area contributed by atoms with Crippen LogP contribution in [-0.2, 0) is 21.9 Å². The van der Waals surface area contributed by atoms with Crippen LogP contribution in [0.25, 0.3) is 0 Å². The van der Waals surface area contributed by atoms with E-state index in [4.69, 9.17) is 0 Å². The summed E-state index contributed by atoms with van der Waals surface area (Å²) in [5, 5.41) is 0. The highest BCUT2D eigenvalue weighted by Gasteiger charge is 2.32. The molecule has 2 aromatic rings. The van der Waals surface area contributed by atoms with Crippen LogP contribution in [0.4, 0.5) is 5.95 Å². The number of rotatable bonds is 7. The van der Waals surface area contributed by atoms with Crippen molar-refractivity contribution in [2.75, 3.05) is 31.1 Å². The molecule has 1 aromatic heterocycles. The number of nitrogens with one attached hydrogen (secondary N) is 1. The molecule has 1 fully saturated rings. The highest BCUT2D eigenvalue weighted by atomic mass is 32.2. The fourth-order valence-electron chi connectivity index (χ4n) is 3.65. The summed E-state index contributed by atoms with van der Waals surface area (Å²) in [6.07, 6.45) is 4.10. The Morgan fingerprint density at radius 3 is 2.30 bits per heavy atom. The first-order valence-corrected chi connectivity index (χ1v) is 11.8. The zero-order chi connectivity index (χ0) is 21.9. The van der Waals surface area contributed by atoms with E-state index in [2.05, 4.69) is 14.6 Å². The van der Waals surface area contributed by atoms with Gasteiger partial charge in [0.05, 0.1) is 4.90 Å². The normalized spacial score (nSPS) is 16.2. The van der Waals surface area contributed by atoms with Crippen molar-refractivity contribution in [3.8, 4) is 0 Å². The minimum atomic E-state index is -3.78. The average Bonchev–Trinajstić information content (AvgIpc) is 3.13. The number of amides is 1. The van der Waals surface area contributed by atoms with Gasteiger partial charge in [-0.1, -0.05) is 31.5 Å². The van der Waals surface area contributed by atoms with Gasteiger partial charge in [0.25, 0.3) is 0 Å². The molecule has 1 amide bonds. The minimum Gasteiger partial charge on any atom is -0.339 e.